The van der Waals surface area contributed by atoms with Crippen molar-refractivity contribution in [3.63, 3.8) is 0 Å². The number of ether oxygens (including phenoxy) is 2. The third-order valence-electron chi connectivity index (χ3n) is 2.57. The number of benzene rings is 1. The molecular weight excluding hydrogens is 250 g/mol. The molecule has 1 aromatic rings. The lowest BCUT2D eigenvalue weighted by Gasteiger charge is -2.06. The lowest BCUT2D eigenvalue weighted by molar-refractivity contribution is -0.137. The van der Waals surface area contributed by atoms with Crippen molar-refractivity contribution in [2.45, 2.75) is 19.4 Å². The van der Waals surface area contributed by atoms with E-state index in [0.717, 1.165) is 5.56 Å². The summed E-state index contributed by atoms with van der Waals surface area (Å²) < 4.78 is 10.4. The van der Waals surface area contributed by atoms with Crippen molar-refractivity contribution >= 4 is 30.9 Å². The molecule has 1 aliphatic rings. The van der Waals surface area contributed by atoms with Crippen LogP contribution in [-0.2, 0) is 16.0 Å². The molecule has 1 aliphatic heterocycles. The van der Waals surface area contributed by atoms with Gasteiger partial charge in [0.1, 0.15) is 19.7 Å². The van der Waals surface area contributed by atoms with Crippen LogP contribution in [0.3, 0.4) is 0 Å². The Balaban J connectivity index is 2.06. The minimum atomic E-state index is -0.373. The van der Waals surface area contributed by atoms with Crippen molar-refractivity contribution in [1.29, 1.82) is 0 Å². The first-order chi connectivity index (χ1) is 8.60. The minimum absolute atomic E-state index is 0.205. The number of rotatable bonds is 3. The SMILES string of the molecule is [B]c1cc(Cl)c2c(c1)CC(/C=C/C(=O)OCC)O2. The quantitative estimate of drug-likeness (QED) is 0.471. The average Bonchev–Trinajstić information content (AvgIpc) is 2.70. The van der Waals surface area contributed by atoms with Crippen molar-refractivity contribution in [1.82, 2.24) is 0 Å². The molecule has 92 valence electrons. The van der Waals surface area contributed by atoms with Gasteiger partial charge in [0.05, 0.1) is 11.6 Å². The minimum Gasteiger partial charge on any atom is -0.484 e. The van der Waals surface area contributed by atoms with Gasteiger partial charge in [-0.3, -0.25) is 0 Å². The molecule has 0 saturated carbocycles. The van der Waals surface area contributed by atoms with E-state index in [1.807, 2.05) is 6.07 Å². The van der Waals surface area contributed by atoms with Crippen LogP contribution < -0.4 is 10.2 Å². The maximum absolute atomic E-state index is 11.2. The Kier molecular flexibility index (Phi) is 3.97. The summed E-state index contributed by atoms with van der Waals surface area (Å²) in [7, 11) is 5.71. The Morgan fingerprint density at radius 1 is 1.67 bits per heavy atom. The maximum Gasteiger partial charge on any atom is 0.330 e. The van der Waals surface area contributed by atoms with Crippen LogP contribution >= 0.6 is 11.6 Å². The number of halogens is 1. The highest BCUT2D eigenvalue weighted by atomic mass is 35.5. The van der Waals surface area contributed by atoms with Gasteiger partial charge in [-0.1, -0.05) is 23.1 Å². The molecule has 1 aromatic carbocycles. The normalized spacial score (nSPS) is 17.6. The maximum atomic E-state index is 11.2. The van der Waals surface area contributed by atoms with Gasteiger partial charge < -0.3 is 9.47 Å². The number of esters is 1. The molecule has 0 saturated heterocycles. The first-order valence-corrected chi connectivity index (χ1v) is 6.07. The summed E-state index contributed by atoms with van der Waals surface area (Å²) in [5.74, 6) is 0.270. The molecule has 5 heteroatoms. The highest BCUT2D eigenvalue weighted by molar-refractivity contribution is 6.37. The fourth-order valence-corrected chi connectivity index (χ4v) is 2.14. The Labute approximate surface area is 112 Å². The molecule has 18 heavy (non-hydrogen) atoms. The molecule has 0 bridgehead atoms. The van der Waals surface area contributed by atoms with E-state index < -0.39 is 0 Å². The summed E-state index contributed by atoms with van der Waals surface area (Å²) >= 11 is 6.03. The molecule has 0 aliphatic carbocycles. The first kappa shape index (κ1) is 13.0. The molecule has 3 nitrogen and oxygen atoms in total. The summed E-state index contributed by atoms with van der Waals surface area (Å²) in [6.45, 7) is 2.12. The predicted octanol–water partition coefficient (Wildman–Crippen LogP) is 1.56. The molecule has 1 heterocycles. The molecule has 0 aromatic heterocycles. The third kappa shape index (κ3) is 2.88. The van der Waals surface area contributed by atoms with Crippen molar-refractivity contribution in [2.24, 2.45) is 0 Å². The van der Waals surface area contributed by atoms with Crippen molar-refractivity contribution in [3.05, 3.63) is 34.9 Å². The van der Waals surface area contributed by atoms with Crippen molar-refractivity contribution in [3.8, 4) is 5.75 Å². The van der Waals surface area contributed by atoms with Crippen LogP contribution in [0, 0.1) is 0 Å². The van der Waals surface area contributed by atoms with Crippen LogP contribution in [0.5, 0.6) is 5.75 Å². The van der Waals surface area contributed by atoms with E-state index in [1.165, 1.54) is 6.08 Å². The van der Waals surface area contributed by atoms with E-state index >= 15 is 0 Å². The molecular formula is C13H12BClO3. The molecule has 0 N–H and O–H groups in total. The smallest absolute Gasteiger partial charge is 0.330 e. The number of carbonyl (C=O) groups is 1. The highest BCUT2D eigenvalue weighted by Crippen LogP contribution is 2.35. The molecule has 1 unspecified atom stereocenters. The molecule has 2 rings (SSSR count). The van der Waals surface area contributed by atoms with Crippen molar-refractivity contribution in [2.75, 3.05) is 6.61 Å². The summed E-state index contributed by atoms with van der Waals surface area (Å²) in [4.78, 5) is 11.2. The summed E-state index contributed by atoms with van der Waals surface area (Å²) in [5.41, 5.74) is 1.57. The van der Waals surface area contributed by atoms with E-state index in [2.05, 4.69) is 0 Å². The second kappa shape index (κ2) is 5.48. The van der Waals surface area contributed by atoms with Gasteiger partial charge >= 0.3 is 5.97 Å². The zero-order valence-corrected chi connectivity index (χ0v) is 10.7. The summed E-state index contributed by atoms with van der Waals surface area (Å²) in [5, 5.41) is 0.497. The number of fused-ring (bicyclic) bond motifs is 1. The van der Waals surface area contributed by atoms with Gasteiger partial charge in [0.25, 0.3) is 0 Å². The van der Waals surface area contributed by atoms with Gasteiger partial charge in [-0.2, -0.15) is 0 Å². The monoisotopic (exact) mass is 262 g/mol. The van der Waals surface area contributed by atoms with Gasteiger partial charge in [-0.05, 0) is 24.6 Å². The average molecular weight is 263 g/mol. The topological polar surface area (TPSA) is 35.5 Å². The molecule has 1 atom stereocenters. The van der Waals surface area contributed by atoms with Crippen LogP contribution in [0.25, 0.3) is 0 Å². The summed E-state index contributed by atoms with van der Waals surface area (Å²) in [6.07, 6.45) is 3.49. The Hall–Kier alpha value is -1.42. The van der Waals surface area contributed by atoms with E-state index in [0.29, 0.717) is 29.3 Å². The highest BCUT2D eigenvalue weighted by Gasteiger charge is 2.23. The second-order valence-corrected chi connectivity index (χ2v) is 4.37. The Morgan fingerprint density at radius 2 is 2.44 bits per heavy atom. The molecule has 0 fully saturated rings. The Bertz CT molecular complexity index is 499. The van der Waals surface area contributed by atoms with Gasteiger partial charge in [-0.15, -0.1) is 0 Å². The van der Waals surface area contributed by atoms with Crippen LogP contribution in [0.1, 0.15) is 12.5 Å². The third-order valence-corrected chi connectivity index (χ3v) is 2.85. The molecule has 2 radical (unpaired) electrons. The predicted molar refractivity (Wildman–Crippen MR) is 70.7 cm³/mol. The molecule has 0 amide bonds. The van der Waals surface area contributed by atoms with E-state index in [9.17, 15) is 4.79 Å². The van der Waals surface area contributed by atoms with Gasteiger partial charge in [0.2, 0.25) is 0 Å². The van der Waals surface area contributed by atoms with Crippen molar-refractivity contribution < 1.29 is 14.3 Å². The fourth-order valence-electron chi connectivity index (χ4n) is 1.85. The van der Waals surface area contributed by atoms with Gasteiger partial charge in [0.15, 0.2) is 0 Å². The Morgan fingerprint density at radius 3 is 3.17 bits per heavy atom. The van der Waals surface area contributed by atoms with Gasteiger partial charge in [-0.25, -0.2) is 4.79 Å². The zero-order chi connectivity index (χ0) is 13.1. The number of hydrogen-bond donors (Lipinski definition) is 0. The van der Waals surface area contributed by atoms with Crippen LogP contribution in [-0.4, -0.2) is 26.5 Å². The van der Waals surface area contributed by atoms with Crippen LogP contribution in [0.4, 0.5) is 0 Å². The lowest BCUT2D eigenvalue weighted by Crippen LogP contribution is -2.10. The van der Waals surface area contributed by atoms with E-state index in [-0.39, 0.29) is 12.1 Å². The number of carbonyl (C=O) groups excluding carboxylic acids is 1. The van der Waals surface area contributed by atoms with Gasteiger partial charge in [0, 0.05) is 12.5 Å². The first-order valence-electron chi connectivity index (χ1n) is 5.69. The zero-order valence-electron chi connectivity index (χ0n) is 9.98. The number of hydrogen-bond acceptors (Lipinski definition) is 3. The van der Waals surface area contributed by atoms with Crippen LogP contribution in [0.15, 0.2) is 24.3 Å². The largest absolute Gasteiger partial charge is 0.484 e. The lowest BCUT2D eigenvalue weighted by atomic mass is 9.93. The van der Waals surface area contributed by atoms with Crippen LogP contribution in [0.2, 0.25) is 5.02 Å². The summed E-state index contributed by atoms with van der Waals surface area (Å²) in [6, 6.07) is 3.48. The van der Waals surface area contributed by atoms with E-state index in [1.54, 1.807) is 19.1 Å². The van der Waals surface area contributed by atoms with E-state index in [4.69, 9.17) is 28.9 Å². The fraction of sp³-hybridized carbons (Fsp3) is 0.308. The second-order valence-electron chi connectivity index (χ2n) is 3.96. The molecule has 0 spiro atoms. The standard InChI is InChI=1S/C13H12BClO3/c1-2-17-12(16)4-3-10-6-8-5-9(14)7-11(15)13(8)18-10/h3-5,7,10H,2,6H2,1H3/b4-3+.